The van der Waals surface area contributed by atoms with Gasteiger partial charge in [-0.05, 0) is 25.7 Å². The first-order valence-electron chi connectivity index (χ1n) is 5.56. The number of allylic oxidation sites excluding steroid dienone is 8. The molecule has 0 atom stereocenters. The van der Waals surface area contributed by atoms with E-state index in [1.54, 1.807) is 11.1 Å². The Morgan fingerprint density at radius 3 is 1.43 bits per heavy atom. The molecule has 14 heavy (non-hydrogen) atoms. The Balaban J connectivity index is 0.000000140. The molecule has 0 spiro atoms. The molecule has 0 nitrogen and oxygen atoms in total. The third-order valence-electron chi connectivity index (χ3n) is 2.60. The molecule has 2 aliphatic rings. The monoisotopic (exact) mass is 188 g/mol. The Morgan fingerprint density at radius 1 is 0.857 bits per heavy atom. The van der Waals surface area contributed by atoms with E-state index in [0.29, 0.717) is 0 Å². The topological polar surface area (TPSA) is 0 Å². The Labute approximate surface area is 87.7 Å². The van der Waals surface area contributed by atoms with Crippen molar-refractivity contribution >= 4 is 0 Å². The minimum absolute atomic E-state index is 1.19. The first-order valence-corrected chi connectivity index (χ1v) is 5.56. The fraction of sp³-hybridized carbons (Fsp3) is 0.429. The van der Waals surface area contributed by atoms with Gasteiger partial charge in [-0.15, -0.1) is 0 Å². The van der Waals surface area contributed by atoms with Gasteiger partial charge in [-0.1, -0.05) is 61.4 Å². The highest BCUT2D eigenvalue weighted by Gasteiger charge is 1.92. The molecular formula is C14H20. The van der Waals surface area contributed by atoms with Crippen LogP contribution in [0.25, 0.3) is 0 Å². The molecule has 0 N–H and O–H groups in total. The summed E-state index contributed by atoms with van der Waals surface area (Å²) in [6.45, 7) is 4.39. The summed E-state index contributed by atoms with van der Waals surface area (Å²) in [4.78, 5) is 0. The molecule has 0 bridgehead atoms. The standard InChI is InChI=1S/2C7H10/c2*1-2-7-5-3-4-6-7/h2*3-5H,2,6H2,1H3. The molecule has 0 radical (unpaired) electrons. The minimum atomic E-state index is 1.19. The van der Waals surface area contributed by atoms with Gasteiger partial charge in [-0.3, -0.25) is 0 Å². The molecular weight excluding hydrogens is 168 g/mol. The first-order chi connectivity index (χ1) is 6.86. The lowest BCUT2D eigenvalue weighted by molar-refractivity contribution is 1.05. The van der Waals surface area contributed by atoms with Gasteiger partial charge in [0.15, 0.2) is 0 Å². The van der Waals surface area contributed by atoms with E-state index >= 15 is 0 Å². The van der Waals surface area contributed by atoms with Crippen LogP contribution in [0.15, 0.2) is 47.6 Å². The highest BCUT2D eigenvalue weighted by molar-refractivity contribution is 5.22. The molecule has 0 unspecified atom stereocenters. The smallest absolute Gasteiger partial charge is 0.0133 e. The predicted octanol–water partition coefficient (Wildman–Crippen LogP) is 4.57. The van der Waals surface area contributed by atoms with Gasteiger partial charge in [-0.25, -0.2) is 0 Å². The Kier molecular flexibility index (Phi) is 5.06. The van der Waals surface area contributed by atoms with Crippen LogP contribution in [0.2, 0.25) is 0 Å². The Hall–Kier alpha value is -1.04. The fourth-order valence-corrected chi connectivity index (χ4v) is 1.51. The van der Waals surface area contributed by atoms with E-state index in [-0.39, 0.29) is 0 Å². The lowest BCUT2D eigenvalue weighted by Crippen LogP contribution is -1.68. The second-order valence-corrected chi connectivity index (χ2v) is 3.62. The molecule has 2 rings (SSSR count). The highest BCUT2D eigenvalue weighted by atomic mass is 14.0. The fourth-order valence-electron chi connectivity index (χ4n) is 1.51. The molecule has 0 aromatic rings. The van der Waals surface area contributed by atoms with Crippen LogP contribution in [0.1, 0.15) is 39.5 Å². The molecule has 0 saturated carbocycles. The Bertz CT molecular complexity index is 244. The molecule has 0 amide bonds. The van der Waals surface area contributed by atoms with Crippen LogP contribution in [0, 0.1) is 0 Å². The summed E-state index contributed by atoms with van der Waals surface area (Å²) in [5.74, 6) is 0. The molecule has 2 aliphatic carbocycles. The lowest BCUT2D eigenvalue weighted by atomic mass is 10.2. The van der Waals surface area contributed by atoms with Crippen LogP contribution in [0.5, 0.6) is 0 Å². The normalized spacial score (nSPS) is 17.6. The van der Waals surface area contributed by atoms with Gasteiger partial charge in [0.25, 0.3) is 0 Å². The quantitative estimate of drug-likeness (QED) is 0.595. The van der Waals surface area contributed by atoms with Crippen molar-refractivity contribution in [2.75, 3.05) is 0 Å². The van der Waals surface area contributed by atoms with Crippen LogP contribution < -0.4 is 0 Å². The van der Waals surface area contributed by atoms with E-state index in [1.807, 2.05) is 0 Å². The summed E-state index contributed by atoms with van der Waals surface area (Å²) in [7, 11) is 0. The molecule has 0 aliphatic heterocycles. The summed E-state index contributed by atoms with van der Waals surface area (Å²) in [6.07, 6.45) is 17.8. The molecule has 0 aromatic heterocycles. The van der Waals surface area contributed by atoms with Gasteiger partial charge < -0.3 is 0 Å². The van der Waals surface area contributed by atoms with Gasteiger partial charge in [-0.2, -0.15) is 0 Å². The highest BCUT2D eigenvalue weighted by Crippen LogP contribution is 2.12. The zero-order chi connectivity index (χ0) is 10.2. The summed E-state index contributed by atoms with van der Waals surface area (Å²) in [6, 6.07) is 0. The molecule has 0 fully saturated rings. The van der Waals surface area contributed by atoms with Crippen molar-refractivity contribution in [1.29, 1.82) is 0 Å². The van der Waals surface area contributed by atoms with Gasteiger partial charge in [0.1, 0.15) is 0 Å². The van der Waals surface area contributed by atoms with Gasteiger partial charge in [0, 0.05) is 0 Å². The van der Waals surface area contributed by atoms with Crippen molar-refractivity contribution in [3.05, 3.63) is 47.6 Å². The SMILES string of the molecule is CCC1=CC=CC1.CCC1=CC=CC1. The van der Waals surface area contributed by atoms with Gasteiger partial charge >= 0.3 is 0 Å². The summed E-state index contributed by atoms with van der Waals surface area (Å²) < 4.78 is 0. The van der Waals surface area contributed by atoms with Crippen LogP contribution >= 0.6 is 0 Å². The van der Waals surface area contributed by atoms with E-state index in [2.05, 4.69) is 50.3 Å². The van der Waals surface area contributed by atoms with E-state index in [4.69, 9.17) is 0 Å². The van der Waals surface area contributed by atoms with Crippen LogP contribution in [-0.2, 0) is 0 Å². The maximum absolute atomic E-state index is 2.19. The second kappa shape index (κ2) is 6.42. The van der Waals surface area contributed by atoms with E-state index in [1.165, 1.54) is 25.7 Å². The van der Waals surface area contributed by atoms with Gasteiger partial charge in [0.05, 0.1) is 0 Å². The second-order valence-electron chi connectivity index (χ2n) is 3.62. The minimum Gasteiger partial charge on any atom is -0.0805 e. The summed E-state index contributed by atoms with van der Waals surface area (Å²) in [5, 5.41) is 0. The molecule has 76 valence electrons. The van der Waals surface area contributed by atoms with E-state index in [9.17, 15) is 0 Å². The average molecular weight is 188 g/mol. The van der Waals surface area contributed by atoms with E-state index in [0.717, 1.165) is 0 Å². The van der Waals surface area contributed by atoms with Crippen molar-refractivity contribution < 1.29 is 0 Å². The number of rotatable bonds is 2. The van der Waals surface area contributed by atoms with Crippen molar-refractivity contribution in [2.45, 2.75) is 39.5 Å². The average Bonchev–Trinajstić information content (AvgIpc) is 2.92. The maximum atomic E-state index is 2.19. The van der Waals surface area contributed by atoms with Crippen LogP contribution in [0.4, 0.5) is 0 Å². The number of hydrogen-bond acceptors (Lipinski definition) is 0. The summed E-state index contributed by atoms with van der Waals surface area (Å²) in [5.41, 5.74) is 3.11. The van der Waals surface area contributed by atoms with Crippen LogP contribution in [0.3, 0.4) is 0 Å². The largest absolute Gasteiger partial charge is 0.0805 e. The molecule has 0 heterocycles. The molecule has 0 heteroatoms. The summed E-state index contributed by atoms with van der Waals surface area (Å²) >= 11 is 0. The van der Waals surface area contributed by atoms with Crippen LogP contribution in [-0.4, -0.2) is 0 Å². The zero-order valence-corrected chi connectivity index (χ0v) is 9.29. The molecule has 0 saturated heterocycles. The maximum Gasteiger partial charge on any atom is -0.0133 e. The molecule has 0 aromatic carbocycles. The lowest BCUT2D eigenvalue weighted by Gasteiger charge is -1.88. The first kappa shape index (κ1) is 11.0. The zero-order valence-electron chi connectivity index (χ0n) is 9.29. The third-order valence-corrected chi connectivity index (χ3v) is 2.60. The third kappa shape index (κ3) is 3.78. The van der Waals surface area contributed by atoms with Crippen molar-refractivity contribution in [1.82, 2.24) is 0 Å². The van der Waals surface area contributed by atoms with Crippen molar-refractivity contribution in [2.24, 2.45) is 0 Å². The van der Waals surface area contributed by atoms with Gasteiger partial charge in [0.2, 0.25) is 0 Å². The van der Waals surface area contributed by atoms with Crippen molar-refractivity contribution in [3.8, 4) is 0 Å². The van der Waals surface area contributed by atoms with E-state index < -0.39 is 0 Å². The predicted molar refractivity (Wildman–Crippen MR) is 64.3 cm³/mol. The Morgan fingerprint density at radius 2 is 1.29 bits per heavy atom. The van der Waals surface area contributed by atoms with Crippen molar-refractivity contribution in [3.63, 3.8) is 0 Å². The number of hydrogen-bond donors (Lipinski definition) is 0.